The Balaban J connectivity index is 1.33. The van der Waals surface area contributed by atoms with Crippen molar-refractivity contribution < 1.29 is 27.5 Å². The van der Waals surface area contributed by atoms with Crippen molar-refractivity contribution >= 4 is 50.3 Å². The highest BCUT2D eigenvalue weighted by Gasteiger charge is 2.30. The van der Waals surface area contributed by atoms with E-state index in [0.29, 0.717) is 22.1 Å². The Bertz CT molecular complexity index is 1650. The summed E-state index contributed by atoms with van der Waals surface area (Å²) in [7, 11) is 1.52. The van der Waals surface area contributed by atoms with E-state index in [1.165, 1.54) is 35.1 Å². The second-order valence-corrected chi connectivity index (χ2v) is 10.5. The maximum Gasteiger partial charge on any atom is 0.416 e. The van der Waals surface area contributed by atoms with Gasteiger partial charge >= 0.3 is 6.18 Å². The summed E-state index contributed by atoms with van der Waals surface area (Å²) >= 11 is 2.39. The molecule has 2 heterocycles. The molecule has 0 aliphatic heterocycles. The monoisotopic (exact) mass is 598 g/mol. The minimum Gasteiger partial charge on any atom is -0.497 e. The van der Waals surface area contributed by atoms with Crippen LogP contribution in [0.4, 0.5) is 18.3 Å². The Morgan fingerprint density at radius 3 is 2.41 bits per heavy atom. The molecule has 0 unspecified atom stereocenters. The van der Waals surface area contributed by atoms with Crippen molar-refractivity contribution in [1.82, 2.24) is 25.1 Å². The molecule has 0 bridgehead atoms. The summed E-state index contributed by atoms with van der Waals surface area (Å²) in [4.78, 5) is 29.7. The molecular weight excluding hydrogens is 577 g/mol. The molecule has 9 nitrogen and oxygen atoms in total. The number of hydrogen-bond donors (Lipinski definition) is 2. The number of alkyl halides is 3. The Hall–Kier alpha value is -4.43. The van der Waals surface area contributed by atoms with Crippen LogP contribution in [0.3, 0.4) is 0 Å². The van der Waals surface area contributed by atoms with Gasteiger partial charge in [0.2, 0.25) is 5.91 Å². The lowest BCUT2D eigenvalue weighted by molar-refractivity contribution is -0.137. The van der Waals surface area contributed by atoms with Gasteiger partial charge in [-0.15, -0.1) is 10.2 Å². The number of rotatable bonds is 9. The number of aromatic nitrogens is 4. The fourth-order valence-electron chi connectivity index (χ4n) is 3.78. The van der Waals surface area contributed by atoms with Crippen molar-refractivity contribution in [2.75, 3.05) is 18.2 Å². The number of carbonyl (C=O) groups is 2. The van der Waals surface area contributed by atoms with Gasteiger partial charge in [0, 0.05) is 11.3 Å². The number of fused-ring (bicyclic) bond motifs is 1. The fraction of sp³-hybridized carbons (Fsp3) is 0.148. The van der Waals surface area contributed by atoms with Crippen molar-refractivity contribution in [3.8, 4) is 11.4 Å². The number of carbonyl (C=O) groups excluding carboxylic acids is 2. The van der Waals surface area contributed by atoms with E-state index in [-0.39, 0.29) is 35.1 Å². The van der Waals surface area contributed by atoms with Gasteiger partial charge in [-0.1, -0.05) is 35.2 Å². The summed E-state index contributed by atoms with van der Waals surface area (Å²) < 4.78 is 47.0. The van der Waals surface area contributed by atoms with Gasteiger partial charge in [0.15, 0.2) is 16.1 Å². The van der Waals surface area contributed by atoms with Gasteiger partial charge in [0.25, 0.3) is 5.91 Å². The predicted octanol–water partition coefficient (Wildman–Crippen LogP) is 5.57. The van der Waals surface area contributed by atoms with Crippen LogP contribution in [0.2, 0.25) is 0 Å². The average molecular weight is 599 g/mol. The van der Waals surface area contributed by atoms with Crippen LogP contribution in [0.25, 0.3) is 15.9 Å². The zero-order valence-electron chi connectivity index (χ0n) is 21.3. The highest BCUT2D eigenvalue weighted by Crippen LogP contribution is 2.31. The van der Waals surface area contributed by atoms with Crippen LogP contribution in [0.1, 0.15) is 21.7 Å². The van der Waals surface area contributed by atoms with Crippen LogP contribution < -0.4 is 15.4 Å². The van der Waals surface area contributed by atoms with Crippen molar-refractivity contribution in [2.45, 2.75) is 17.9 Å². The third-order valence-electron chi connectivity index (χ3n) is 5.79. The van der Waals surface area contributed by atoms with Gasteiger partial charge in [-0.25, -0.2) is 4.98 Å². The highest BCUT2D eigenvalue weighted by atomic mass is 32.2. The normalized spacial score (nSPS) is 11.4. The van der Waals surface area contributed by atoms with Crippen molar-refractivity contribution in [3.63, 3.8) is 0 Å². The molecule has 0 atom stereocenters. The first-order valence-corrected chi connectivity index (χ1v) is 13.8. The minimum absolute atomic E-state index is 0.0626. The zero-order chi connectivity index (χ0) is 29.0. The number of anilines is 1. The summed E-state index contributed by atoms with van der Waals surface area (Å²) in [5.41, 5.74) is 0.676. The number of thioether (sulfide) groups is 1. The topological polar surface area (TPSA) is 111 Å². The molecule has 0 fully saturated rings. The van der Waals surface area contributed by atoms with Gasteiger partial charge in [-0.05, 0) is 60.7 Å². The van der Waals surface area contributed by atoms with Gasteiger partial charge in [-0.3, -0.25) is 14.2 Å². The molecule has 5 rings (SSSR count). The number of ether oxygens (including phenoxy) is 1. The van der Waals surface area contributed by atoms with E-state index in [4.69, 9.17) is 4.74 Å². The van der Waals surface area contributed by atoms with Gasteiger partial charge in [-0.2, -0.15) is 13.2 Å². The summed E-state index contributed by atoms with van der Waals surface area (Å²) in [6, 6.07) is 18.4. The molecule has 41 heavy (non-hydrogen) atoms. The first-order valence-electron chi connectivity index (χ1n) is 12.0. The van der Waals surface area contributed by atoms with Crippen LogP contribution >= 0.6 is 23.1 Å². The predicted molar refractivity (Wildman–Crippen MR) is 149 cm³/mol. The van der Waals surface area contributed by atoms with E-state index in [9.17, 15) is 22.8 Å². The molecule has 2 aromatic heterocycles. The van der Waals surface area contributed by atoms with E-state index in [2.05, 4.69) is 25.8 Å². The Labute approximate surface area is 239 Å². The van der Waals surface area contributed by atoms with E-state index >= 15 is 0 Å². The number of para-hydroxylation sites is 1. The van der Waals surface area contributed by atoms with Crippen LogP contribution in [0.15, 0.2) is 78.0 Å². The molecule has 0 saturated heterocycles. The summed E-state index contributed by atoms with van der Waals surface area (Å²) in [6.07, 6.45) is -4.50. The number of nitrogens with zero attached hydrogens (tertiary/aromatic N) is 4. The second-order valence-electron chi connectivity index (χ2n) is 8.51. The average Bonchev–Trinajstić information content (AvgIpc) is 3.57. The maximum absolute atomic E-state index is 13.2. The minimum atomic E-state index is -4.50. The molecule has 2 amide bonds. The molecule has 2 N–H and O–H groups in total. The number of hydrogen-bond acceptors (Lipinski definition) is 8. The third kappa shape index (κ3) is 6.66. The number of methoxy groups -OCH3 is 1. The van der Waals surface area contributed by atoms with E-state index in [1.54, 1.807) is 24.3 Å². The van der Waals surface area contributed by atoms with E-state index < -0.39 is 11.7 Å². The Kier molecular flexibility index (Phi) is 8.21. The van der Waals surface area contributed by atoms with Gasteiger partial charge in [0.1, 0.15) is 5.75 Å². The number of thiazole rings is 1. The highest BCUT2D eigenvalue weighted by molar-refractivity contribution is 7.99. The molecule has 0 aliphatic rings. The largest absolute Gasteiger partial charge is 0.497 e. The summed E-state index contributed by atoms with van der Waals surface area (Å²) in [5.74, 6) is 0.0648. The van der Waals surface area contributed by atoms with Crippen LogP contribution in [0.5, 0.6) is 5.75 Å². The summed E-state index contributed by atoms with van der Waals surface area (Å²) in [5, 5.41) is 14.5. The molecule has 0 saturated carbocycles. The SMILES string of the molecule is COc1ccc(C(=O)NCc2nnc(SCC(=O)Nc3nc4ccccc4s3)n2-c2ccc(C(F)(F)F)cc2)cc1. The molecule has 0 radical (unpaired) electrons. The number of amides is 2. The Morgan fingerprint density at radius 2 is 1.73 bits per heavy atom. The lowest BCUT2D eigenvalue weighted by Crippen LogP contribution is -2.24. The van der Waals surface area contributed by atoms with Crippen molar-refractivity contribution in [2.24, 2.45) is 0 Å². The van der Waals surface area contributed by atoms with Crippen molar-refractivity contribution in [1.29, 1.82) is 0 Å². The number of halogens is 3. The zero-order valence-corrected chi connectivity index (χ0v) is 22.9. The first kappa shape index (κ1) is 28.1. The molecule has 0 aliphatic carbocycles. The van der Waals surface area contributed by atoms with Crippen LogP contribution in [0, 0.1) is 0 Å². The maximum atomic E-state index is 13.2. The second kappa shape index (κ2) is 12.0. The quantitative estimate of drug-likeness (QED) is 0.214. The van der Waals surface area contributed by atoms with Gasteiger partial charge < -0.3 is 15.4 Å². The summed E-state index contributed by atoms with van der Waals surface area (Å²) in [6.45, 7) is -0.0721. The lowest BCUT2D eigenvalue weighted by Gasteiger charge is -2.13. The Morgan fingerprint density at radius 1 is 1.00 bits per heavy atom. The number of nitrogens with one attached hydrogen (secondary N) is 2. The first-order chi connectivity index (χ1) is 19.7. The molecule has 3 aromatic carbocycles. The molecule has 210 valence electrons. The van der Waals surface area contributed by atoms with E-state index in [1.807, 2.05) is 24.3 Å². The van der Waals surface area contributed by atoms with Crippen LogP contribution in [-0.2, 0) is 17.5 Å². The fourth-order valence-corrected chi connectivity index (χ4v) is 5.43. The van der Waals surface area contributed by atoms with Crippen LogP contribution in [-0.4, -0.2) is 44.4 Å². The molecule has 0 spiro atoms. The van der Waals surface area contributed by atoms with E-state index in [0.717, 1.165) is 34.1 Å². The molecular formula is C27H21F3N6O3S2. The van der Waals surface area contributed by atoms with Gasteiger partial charge in [0.05, 0.1) is 35.2 Å². The molecule has 14 heteroatoms. The lowest BCUT2D eigenvalue weighted by atomic mass is 10.2. The smallest absolute Gasteiger partial charge is 0.416 e. The third-order valence-corrected chi connectivity index (χ3v) is 7.67. The van der Waals surface area contributed by atoms with Crippen molar-refractivity contribution in [3.05, 3.63) is 89.7 Å². The number of benzene rings is 3. The standard InChI is InChI=1S/C27H21F3N6O3S2/c1-39-19-12-6-16(7-13-19)24(38)31-14-22-34-35-26(36(22)18-10-8-17(9-11-18)27(28,29)30)40-15-23(37)33-25-32-20-4-2-3-5-21(20)41-25/h2-13H,14-15H2,1H3,(H,31,38)(H,32,33,37). The molecule has 5 aromatic rings.